The van der Waals surface area contributed by atoms with Gasteiger partial charge in [-0.1, -0.05) is 0 Å². The lowest BCUT2D eigenvalue weighted by atomic mass is 9.95. The van der Waals surface area contributed by atoms with Gasteiger partial charge in [-0.05, 0) is 6.92 Å². The number of hydrogen-bond donors (Lipinski definition) is 15. The van der Waals surface area contributed by atoms with Crippen molar-refractivity contribution in [3.63, 3.8) is 0 Å². The number of hydrogen-bond acceptors (Lipinski definition) is 25. The van der Waals surface area contributed by atoms with E-state index in [2.05, 4.69) is 0 Å². The molecule has 0 aromatic heterocycles. The lowest BCUT2D eigenvalue weighted by molar-refractivity contribution is -0.392. The highest BCUT2D eigenvalue weighted by Crippen LogP contribution is 2.35. The standard InChI is InChI=1S/C31H54O25/c1-7-23(14(37)18(41)27(46)48-7)53-31-22(45)17(40)26(11(52-31)6-47-2)56-30-21(44)16(39)25(10(5-34)51-30)55-29-20(43)15(38)24(9(4-33)50-29)54-28-19(42)13(36)12(35)8(3-32)49-28/h7-46H,3-6H2,1-2H3/t7-,8+,9+,10+,11+,12+,13-,14-,15+,16+,17+,18+,19+,20+,21+,22+,23-,24+,25+,26+,27+,28-,29-,30-,31-/m0/s1. The number of aliphatic hydroxyl groups is 15. The first kappa shape index (κ1) is 46.1. The van der Waals surface area contributed by atoms with E-state index in [9.17, 15) is 76.6 Å². The summed E-state index contributed by atoms with van der Waals surface area (Å²) in [6.07, 6.45) is -43.1. The first-order chi connectivity index (χ1) is 26.5. The van der Waals surface area contributed by atoms with Crippen LogP contribution in [0.2, 0.25) is 0 Å². The van der Waals surface area contributed by atoms with Crippen molar-refractivity contribution in [3.05, 3.63) is 0 Å². The van der Waals surface area contributed by atoms with Crippen LogP contribution in [0.5, 0.6) is 0 Å². The molecular weight excluding hydrogens is 772 g/mol. The zero-order chi connectivity index (χ0) is 41.3. The van der Waals surface area contributed by atoms with Crippen LogP contribution in [-0.2, 0) is 47.4 Å². The van der Waals surface area contributed by atoms with Crippen LogP contribution in [-0.4, -0.2) is 264 Å². The van der Waals surface area contributed by atoms with Crippen molar-refractivity contribution in [1.82, 2.24) is 0 Å². The quantitative estimate of drug-likeness (QED) is 0.0819. The van der Waals surface area contributed by atoms with Crippen molar-refractivity contribution < 1.29 is 124 Å². The summed E-state index contributed by atoms with van der Waals surface area (Å²) in [5, 5.41) is 157. The van der Waals surface area contributed by atoms with E-state index in [-0.39, 0.29) is 6.61 Å². The fourth-order valence-corrected chi connectivity index (χ4v) is 7.16. The van der Waals surface area contributed by atoms with Crippen molar-refractivity contribution >= 4 is 0 Å². The van der Waals surface area contributed by atoms with Gasteiger partial charge >= 0.3 is 0 Å². The molecule has 0 aromatic carbocycles. The van der Waals surface area contributed by atoms with Gasteiger partial charge in [0.25, 0.3) is 0 Å². The van der Waals surface area contributed by atoms with E-state index < -0.39 is 173 Å². The fraction of sp³-hybridized carbons (Fsp3) is 1.00. The van der Waals surface area contributed by atoms with Crippen LogP contribution < -0.4 is 0 Å². The highest BCUT2D eigenvalue weighted by Gasteiger charge is 2.56. The van der Waals surface area contributed by atoms with E-state index in [1.165, 1.54) is 14.0 Å². The molecule has 5 aliphatic rings. The number of aliphatic hydroxyl groups excluding tert-OH is 15. The van der Waals surface area contributed by atoms with Crippen LogP contribution in [0.25, 0.3) is 0 Å². The van der Waals surface area contributed by atoms with Crippen molar-refractivity contribution in [3.8, 4) is 0 Å². The van der Waals surface area contributed by atoms with E-state index in [4.69, 9.17) is 47.4 Å². The zero-order valence-corrected chi connectivity index (χ0v) is 30.1. The Morgan fingerprint density at radius 2 is 0.714 bits per heavy atom. The first-order valence-electron chi connectivity index (χ1n) is 17.9. The van der Waals surface area contributed by atoms with Crippen LogP contribution >= 0.6 is 0 Å². The fourth-order valence-electron chi connectivity index (χ4n) is 7.16. The number of methoxy groups -OCH3 is 1. The molecule has 5 fully saturated rings. The predicted octanol–water partition coefficient (Wildman–Crippen LogP) is -10.2. The maximum absolute atomic E-state index is 11.1. The van der Waals surface area contributed by atoms with E-state index in [0.717, 1.165) is 0 Å². The van der Waals surface area contributed by atoms with Crippen molar-refractivity contribution in [2.45, 2.75) is 160 Å². The van der Waals surface area contributed by atoms with Gasteiger partial charge in [0, 0.05) is 7.11 Å². The highest BCUT2D eigenvalue weighted by atomic mass is 16.8. The topological polar surface area (TPSA) is 396 Å². The third-order valence-electron chi connectivity index (χ3n) is 10.4. The molecule has 25 atom stereocenters. The molecule has 0 bridgehead atoms. The minimum Gasteiger partial charge on any atom is -0.394 e. The summed E-state index contributed by atoms with van der Waals surface area (Å²) in [5.41, 5.74) is 0. The predicted molar refractivity (Wildman–Crippen MR) is 170 cm³/mol. The monoisotopic (exact) mass is 826 g/mol. The molecule has 15 N–H and O–H groups in total. The van der Waals surface area contributed by atoms with E-state index in [1.807, 2.05) is 0 Å². The number of ether oxygens (including phenoxy) is 10. The minimum atomic E-state index is -2.05. The summed E-state index contributed by atoms with van der Waals surface area (Å²) in [4.78, 5) is 0. The van der Waals surface area contributed by atoms with Gasteiger partial charge in [0.15, 0.2) is 31.5 Å². The zero-order valence-electron chi connectivity index (χ0n) is 30.1. The second-order valence-corrected chi connectivity index (χ2v) is 14.2. The molecule has 5 heterocycles. The second kappa shape index (κ2) is 19.6. The van der Waals surface area contributed by atoms with E-state index in [0.29, 0.717) is 0 Å². The molecule has 0 aliphatic carbocycles. The van der Waals surface area contributed by atoms with Gasteiger partial charge in [0.2, 0.25) is 0 Å². The van der Waals surface area contributed by atoms with Crippen LogP contribution in [0.3, 0.4) is 0 Å². The molecule has 0 amide bonds. The SMILES string of the molecule is COC[C@H]1O[C@@H](O[C@@H]2[C@@H](O)[C@@H](O)[C@H](O)O[C@H]2C)[C@H](O)[C@@H](O)[C@@H]1O[C@@H]1O[C@H](CO)[C@@H](O[C@@H]2O[C@H](CO)[C@@H](O[C@@H]3O[C@H](CO)[C@@H](O)[C@H](O)[C@H]3O)[C@H](O)[C@H]2O)[C@H](O)[C@H]1O. The molecule has 25 nitrogen and oxygen atoms in total. The number of rotatable bonds is 13. The average Bonchev–Trinajstić information content (AvgIpc) is 3.17. The normalized spacial score (nSPS) is 53.2. The van der Waals surface area contributed by atoms with Gasteiger partial charge in [0.1, 0.15) is 116 Å². The Hall–Kier alpha value is -1.00. The maximum atomic E-state index is 11.1. The Morgan fingerprint density at radius 3 is 1.12 bits per heavy atom. The average molecular weight is 827 g/mol. The van der Waals surface area contributed by atoms with Crippen molar-refractivity contribution in [2.24, 2.45) is 0 Å². The Bertz CT molecular complexity index is 1200. The van der Waals surface area contributed by atoms with Gasteiger partial charge in [-0.25, -0.2) is 0 Å². The smallest absolute Gasteiger partial charge is 0.187 e. The molecule has 0 spiro atoms. The summed E-state index contributed by atoms with van der Waals surface area (Å²) in [7, 11) is 1.26. The molecule has 56 heavy (non-hydrogen) atoms. The third-order valence-corrected chi connectivity index (χ3v) is 10.4. The molecule has 5 rings (SSSR count). The summed E-state index contributed by atoms with van der Waals surface area (Å²) in [5.74, 6) is 0. The highest BCUT2D eigenvalue weighted by molar-refractivity contribution is 4.98. The van der Waals surface area contributed by atoms with Crippen LogP contribution in [0, 0.1) is 0 Å². The van der Waals surface area contributed by atoms with Gasteiger partial charge in [-0.15, -0.1) is 0 Å². The molecule has 5 aliphatic heterocycles. The maximum Gasteiger partial charge on any atom is 0.187 e. The third kappa shape index (κ3) is 9.32. The first-order valence-corrected chi connectivity index (χ1v) is 17.9. The van der Waals surface area contributed by atoms with Crippen LogP contribution in [0.1, 0.15) is 6.92 Å². The van der Waals surface area contributed by atoms with Gasteiger partial charge in [0.05, 0.1) is 32.5 Å². The molecule has 0 saturated carbocycles. The molecule has 5 saturated heterocycles. The molecular formula is C31H54O25. The Labute approximate surface area is 318 Å². The molecule has 0 aromatic rings. The second-order valence-electron chi connectivity index (χ2n) is 14.2. The molecule has 0 unspecified atom stereocenters. The molecule has 328 valence electrons. The summed E-state index contributed by atoms with van der Waals surface area (Å²) >= 11 is 0. The lowest BCUT2D eigenvalue weighted by Crippen LogP contribution is -2.68. The largest absolute Gasteiger partial charge is 0.394 e. The van der Waals surface area contributed by atoms with Gasteiger partial charge < -0.3 is 124 Å². The van der Waals surface area contributed by atoms with E-state index in [1.54, 1.807) is 0 Å². The lowest BCUT2D eigenvalue weighted by Gasteiger charge is -2.49. The van der Waals surface area contributed by atoms with Crippen LogP contribution in [0.15, 0.2) is 0 Å². The van der Waals surface area contributed by atoms with Crippen molar-refractivity contribution in [1.29, 1.82) is 0 Å². The molecule has 0 radical (unpaired) electrons. The Balaban J connectivity index is 1.23. The molecule has 25 heteroatoms. The van der Waals surface area contributed by atoms with E-state index >= 15 is 0 Å². The Morgan fingerprint density at radius 1 is 0.375 bits per heavy atom. The summed E-state index contributed by atoms with van der Waals surface area (Å²) in [6.45, 7) is -1.57. The van der Waals surface area contributed by atoms with Crippen molar-refractivity contribution in [2.75, 3.05) is 33.5 Å². The Kier molecular flexibility index (Phi) is 16.1. The minimum absolute atomic E-state index is 0.332. The van der Waals surface area contributed by atoms with Gasteiger partial charge in [-0.3, -0.25) is 0 Å². The summed E-state index contributed by atoms with van der Waals surface area (Å²) in [6, 6.07) is 0. The summed E-state index contributed by atoms with van der Waals surface area (Å²) < 4.78 is 55.2. The van der Waals surface area contributed by atoms with Crippen LogP contribution in [0.4, 0.5) is 0 Å². The van der Waals surface area contributed by atoms with Gasteiger partial charge in [-0.2, -0.15) is 0 Å².